The molecular formula is C12H7ClO3S. The largest absolute Gasteiger partial charge is 0.475 e. The van der Waals surface area contributed by atoms with E-state index in [1.54, 1.807) is 18.2 Å². The molecule has 0 saturated heterocycles. The standard InChI is InChI=1S/C12H7ClO3S/c13-8-3-1-7(2-4-8)9-5-6-10(17-9)11(14)12(15)16/h1-6H,(H,15,16). The normalized spacial score (nSPS) is 10.2. The Morgan fingerprint density at radius 2 is 1.71 bits per heavy atom. The molecule has 0 saturated carbocycles. The molecule has 2 aromatic rings. The van der Waals surface area contributed by atoms with Crippen molar-refractivity contribution in [3.63, 3.8) is 0 Å². The molecule has 1 aromatic carbocycles. The van der Waals surface area contributed by atoms with Crippen molar-refractivity contribution >= 4 is 34.7 Å². The van der Waals surface area contributed by atoms with Crippen LogP contribution < -0.4 is 0 Å². The SMILES string of the molecule is O=C(O)C(=O)c1ccc(-c2ccc(Cl)cc2)s1. The molecule has 3 nitrogen and oxygen atoms in total. The van der Waals surface area contributed by atoms with Crippen molar-refractivity contribution in [3.05, 3.63) is 46.3 Å². The molecule has 0 fully saturated rings. The van der Waals surface area contributed by atoms with Crippen LogP contribution in [0.5, 0.6) is 0 Å². The van der Waals surface area contributed by atoms with Gasteiger partial charge in [-0.05, 0) is 29.8 Å². The molecule has 5 heteroatoms. The van der Waals surface area contributed by atoms with Gasteiger partial charge in [0, 0.05) is 9.90 Å². The van der Waals surface area contributed by atoms with Crippen molar-refractivity contribution < 1.29 is 14.7 Å². The number of aliphatic carboxylic acids is 1. The van der Waals surface area contributed by atoms with Gasteiger partial charge < -0.3 is 5.11 Å². The minimum atomic E-state index is -1.44. The number of ketones is 1. The lowest BCUT2D eigenvalue weighted by atomic mass is 10.2. The molecule has 0 radical (unpaired) electrons. The van der Waals surface area contributed by atoms with Gasteiger partial charge in [0.1, 0.15) is 0 Å². The molecule has 0 aliphatic heterocycles. The molecule has 1 aromatic heterocycles. The highest BCUT2D eigenvalue weighted by atomic mass is 35.5. The minimum Gasteiger partial charge on any atom is -0.475 e. The van der Waals surface area contributed by atoms with Gasteiger partial charge in [-0.15, -0.1) is 11.3 Å². The lowest BCUT2D eigenvalue weighted by Gasteiger charge is -1.96. The van der Waals surface area contributed by atoms with Crippen LogP contribution >= 0.6 is 22.9 Å². The maximum absolute atomic E-state index is 11.2. The summed E-state index contributed by atoms with van der Waals surface area (Å²) in [5.74, 6) is -2.32. The Morgan fingerprint density at radius 1 is 1.06 bits per heavy atom. The highest BCUT2D eigenvalue weighted by molar-refractivity contribution is 7.18. The van der Waals surface area contributed by atoms with Crippen molar-refractivity contribution in [2.75, 3.05) is 0 Å². The van der Waals surface area contributed by atoms with Crippen LogP contribution in [0.3, 0.4) is 0 Å². The highest BCUT2D eigenvalue weighted by Gasteiger charge is 2.17. The number of thiophene rings is 1. The number of carbonyl (C=O) groups is 2. The first-order valence-electron chi connectivity index (χ1n) is 4.71. The van der Waals surface area contributed by atoms with E-state index >= 15 is 0 Å². The third kappa shape index (κ3) is 2.54. The molecule has 1 heterocycles. The van der Waals surface area contributed by atoms with Gasteiger partial charge in [-0.1, -0.05) is 23.7 Å². The third-order valence-electron chi connectivity index (χ3n) is 2.15. The number of rotatable bonds is 3. The number of hydrogen-bond acceptors (Lipinski definition) is 3. The van der Waals surface area contributed by atoms with Gasteiger partial charge in [0.15, 0.2) is 0 Å². The summed E-state index contributed by atoms with van der Waals surface area (Å²) in [6, 6.07) is 10.4. The van der Waals surface area contributed by atoms with E-state index < -0.39 is 11.8 Å². The van der Waals surface area contributed by atoms with Gasteiger partial charge in [-0.3, -0.25) is 4.79 Å². The summed E-state index contributed by atoms with van der Waals surface area (Å²) >= 11 is 6.92. The number of benzene rings is 1. The summed E-state index contributed by atoms with van der Waals surface area (Å²) in [5, 5.41) is 9.22. The molecule has 0 aliphatic carbocycles. The van der Waals surface area contributed by atoms with E-state index in [9.17, 15) is 9.59 Å². The van der Waals surface area contributed by atoms with E-state index in [2.05, 4.69) is 0 Å². The molecule has 0 unspecified atom stereocenters. The molecular weight excluding hydrogens is 260 g/mol. The Morgan fingerprint density at radius 3 is 2.29 bits per heavy atom. The predicted molar refractivity (Wildman–Crippen MR) is 66.7 cm³/mol. The van der Waals surface area contributed by atoms with Gasteiger partial charge in [0.05, 0.1) is 4.88 Å². The van der Waals surface area contributed by atoms with Crippen LogP contribution in [0.1, 0.15) is 9.67 Å². The molecule has 86 valence electrons. The Kier molecular flexibility index (Phi) is 3.26. The summed E-state index contributed by atoms with van der Waals surface area (Å²) in [5.41, 5.74) is 0.906. The van der Waals surface area contributed by atoms with Crippen LogP contribution in [0.2, 0.25) is 5.02 Å². The van der Waals surface area contributed by atoms with Crippen LogP contribution in [0.15, 0.2) is 36.4 Å². The van der Waals surface area contributed by atoms with Crippen molar-refractivity contribution in [3.8, 4) is 10.4 Å². The third-order valence-corrected chi connectivity index (χ3v) is 3.54. The van der Waals surface area contributed by atoms with Gasteiger partial charge in [0.25, 0.3) is 5.78 Å². The van der Waals surface area contributed by atoms with E-state index in [0.29, 0.717) is 5.02 Å². The van der Waals surface area contributed by atoms with Gasteiger partial charge >= 0.3 is 5.97 Å². The average Bonchev–Trinajstić information content (AvgIpc) is 2.78. The van der Waals surface area contributed by atoms with E-state index in [4.69, 9.17) is 16.7 Å². The summed E-state index contributed by atoms with van der Waals surface area (Å²) in [6.07, 6.45) is 0. The molecule has 0 spiro atoms. The number of halogens is 1. The van der Waals surface area contributed by atoms with Crippen molar-refractivity contribution in [2.24, 2.45) is 0 Å². The fraction of sp³-hybridized carbons (Fsp3) is 0. The first kappa shape index (κ1) is 11.8. The molecule has 1 N–H and O–H groups in total. The van der Waals surface area contributed by atoms with Crippen molar-refractivity contribution in [1.82, 2.24) is 0 Å². The zero-order valence-corrected chi connectivity index (χ0v) is 10.1. The fourth-order valence-electron chi connectivity index (χ4n) is 1.33. The smallest absolute Gasteiger partial charge is 0.378 e. The second-order valence-electron chi connectivity index (χ2n) is 3.31. The second kappa shape index (κ2) is 4.69. The van der Waals surface area contributed by atoms with Gasteiger partial charge in [-0.25, -0.2) is 4.79 Å². The minimum absolute atomic E-state index is 0.224. The number of carbonyl (C=O) groups excluding carboxylic acids is 1. The second-order valence-corrected chi connectivity index (χ2v) is 4.83. The average molecular weight is 267 g/mol. The maximum atomic E-state index is 11.2. The highest BCUT2D eigenvalue weighted by Crippen LogP contribution is 2.29. The summed E-state index contributed by atoms with van der Waals surface area (Å²) < 4.78 is 0. The number of carboxylic acids is 1. The van der Waals surface area contributed by atoms with Crippen LogP contribution in [-0.4, -0.2) is 16.9 Å². The Hall–Kier alpha value is -1.65. The van der Waals surface area contributed by atoms with E-state index in [-0.39, 0.29) is 4.88 Å². The predicted octanol–water partition coefficient (Wildman–Crippen LogP) is 3.34. The van der Waals surface area contributed by atoms with Crippen LogP contribution in [0.25, 0.3) is 10.4 Å². The Labute approximate surface area is 106 Å². The van der Waals surface area contributed by atoms with Gasteiger partial charge in [0.2, 0.25) is 0 Å². The van der Waals surface area contributed by atoms with Gasteiger partial charge in [-0.2, -0.15) is 0 Å². The zero-order chi connectivity index (χ0) is 12.4. The first-order chi connectivity index (χ1) is 8.08. The van der Waals surface area contributed by atoms with Crippen LogP contribution in [-0.2, 0) is 4.79 Å². The molecule has 0 atom stereocenters. The molecule has 0 bridgehead atoms. The molecule has 17 heavy (non-hydrogen) atoms. The number of carboxylic acid groups (broad SMARTS) is 1. The van der Waals surface area contributed by atoms with E-state index in [1.807, 2.05) is 12.1 Å². The maximum Gasteiger partial charge on any atom is 0.378 e. The van der Waals surface area contributed by atoms with E-state index in [1.165, 1.54) is 6.07 Å². The fourth-order valence-corrected chi connectivity index (χ4v) is 2.40. The monoisotopic (exact) mass is 266 g/mol. The lowest BCUT2D eigenvalue weighted by Crippen LogP contribution is -2.10. The van der Waals surface area contributed by atoms with Crippen molar-refractivity contribution in [2.45, 2.75) is 0 Å². The Balaban J connectivity index is 2.33. The zero-order valence-electron chi connectivity index (χ0n) is 8.51. The summed E-state index contributed by atoms with van der Waals surface area (Å²) in [7, 11) is 0. The van der Waals surface area contributed by atoms with E-state index in [0.717, 1.165) is 21.8 Å². The lowest BCUT2D eigenvalue weighted by molar-refractivity contribution is -0.131. The summed E-state index contributed by atoms with van der Waals surface area (Å²) in [4.78, 5) is 22.8. The number of Topliss-reactive ketones (excluding diaryl/α,β-unsaturated/α-hetero) is 1. The topological polar surface area (TPSA) is 54.4 Å². The number of hydrogen-bond donors (Lipinski definition) is 1. The Bertz CT molecular complexity index is 572. The first-order valence-corrected chi connectivity index (χ1v) is 5.91. The molecule has 2 rings (SSSR count). The van der Waals surface area contributed by atoms with Crippen LogP contribution in [0.4, 0.5) is 0 Å². The molecule has 0 aliphatic rings. The molecule has 0 amide bonds. The van der Waals surface area contributed by atoms with Crippen molar-refractivity contribution in [1.29, 1.82) is 0 Å². The van der Waals surface area contributed by atoms with Crippen LogP contribution in [0, 0.1) is 0 Å². The quantitative estimate of drug-likeness (QED) is 0.685. The summed E-state index contributed by atoms with van der Waals surface area (Å²) in [6.45, 7) is 0.